The fourth-order valence-electron chi connectivity index (χ4n) is 3.13. The number of aliphatic hydroxyl groups is 1. The molecule has 0 radical (unpaired) electrons. The van der Waals surface area contributed by atoms with Crippen LogP contribution in [0.25, 0.3) is 0 Å². The van der Waals surface area contributed by atoms with Crippen molar-refractivity contribution in [2.24, 2.45) is 11.8 Å². The van der Waals surface area contributed by atoms with Crippen LogP contribution < -0.4 is 5.11 Å². The lowest BCUT2D eigenvalue weighted by Gasteiger charge is -2.41. The number of carboxylic acid groups (broad SMARTS) is 2. The van der Waals surface area contributed by atoms with Gasteiger partial charge in [0.2, 0.25) is 0 Å². The van der Waals surface area contributed by atoms with Crippen LogP contribution in [0.3, 0.4) is 0 Å². The molecule has 3 unspecified atom stereocenters. The number of carboxylic acids is 2. The van der Waals surface area contributed by atoms with Gasteiger partial charge in [0, 0.05) is 11.9 Å². The average molecular weight is 343 g/mol. The van der Waals surface area contributed by atoms with Crippen LogP contribution >= 0.6 is 0 Å². The lowest BCUT2D eigenvalue weighted by Crippen LogP contribution is -2.57. The van der Waals surface area contributed by atoms with E-state index in [0.29, 0.717) is 24.1 Å². The zero-order chi connectivity index (χ0) is 18.6. The van der Waals surface area contributed by atoms with E-state index in [1.807, 2.05) is 13.0 Å². The number of carbonyl (C=O) groups excluding carboxylic acids is 1. The van der Waals surface area contributed by atoms with E-state index in [1.54, 1.807) is 13.8 Å². The Balaban J connectivity index is 4.96. The number of aliphatic hydroxyl groups excluding tert-OH is 1. The van der Waals surface area contributed by atoms with E-state index in [9.17, 15) is 24.9 Å². The number of aliphatic carboxylic acids is 2. The Hall–Kier alpha value is -1.40. The maximum Gasteiger partial charge on any atom is 0.311 e. The predicted molar refractivity (Wildman–Crippen MR) is 91.1 cm³/mol. The number of carbonyl (C=O) groups is 2. The largest absolute Gasteiger partial charge is 0.550 e. The molecule has 0 aromatic heterocycles. The van der Waals surface area contributed by atoms with E-state index in [-0.39, 0.29) is 13.2 Å². The summed E-state index contributed by atoms with van der Waals surface area (Å²) in [5.74, 6) is -3.30. The summed E-state index contributed by atoms with van der Waals surface area (Å²) in [4.78, 5) is 22.4. The zero-order valence-corrected chi connectivity index (χ0v) is 15.2. The summed E-state index contributed by atoms with van der Waals surface area (Å²) in [6, 6.07) is 0. The van der Waals surface area contributed by atoms with Crippen molar-refractivity contribution in [3.05, 3.63) is 12.2 Å². The highest BCUT2D eigenvalue weighted by Gasteiger charge is 2.33. The first kappa shape index (κ1) is 22.6. The van der Waals surface area contributed by atoms with Crippen molar-refractivity contribution >= 4 is 11.9 Å². The minimum atomic E-state index is -1.13. The van der Waals surface area contributed by atoms with Crippen molar-refractivity contribution in [2.45, 2.75) is 46.5 Å². The summed E-state index contributed by atoms with van der Waals surface area (Å²) in [5.41, 5.74) is 0. The van der Waals surface area contributed by atoms with Crippen molar-refractivity contribution < 1.29 is 29.4 Å². The van der Waals surface area contributed by atoms with Crippen LogP contribution in [0, 0.1) is 11.8 Å². The number of rotatable bonds is 14. The maximum atomic E-state index is 11.2. The van der Waals surface area contributed by atoms with Crippen molar-refractivity contribution in [2.75, 3.05) is 32.8 Å². The molecule has 0 rings (SSSR count). The Morgan fingerprint density at radius 2 is 1.71 bits per heavy atom. The van der Waals surface area contributed by atoms with E-state index in [2.05, 4.69) is 6.08 Å². The molecule has 0 spiro atoms. The van der Waals surface area contributed by atoms with Gasteiger partial charge < -0.3 is 24.6 Å². The minimum Gasteiger partial charge on any atom is -0.550 e. The third-order valence-electron chi connectivity index (χ3n) is 4.46. The first-order chi connectivity index (χ1) is 11.3. The second-order valence-electron chi connectivity index (χ2n) is 6.76. The number of hydrogen-bond acceptors (Lipinski definition) is 4. The van der Waals surface area contributed by atoms with Crippen molar-refractivity contribution in [1.82, 2.24) is 0 Å². The van der Waals surface area contributed by atoms with Gasteiger partial charge in [-0.25, -0.2) is 0 Å². The third kappa shape index (κ3) is 9.03. The number of quaternary nitrogens is 1. The lowest BCUT2D eigenvalue weighted by molar-refractivity contribution is -0.932. The van der Waals surface area contributed by atoms with E-state index in [0.717, 1.165) is 25.7 Å². The molecular weight excluding hydrogens is 310 g/mol. The maximum absolute atomic E-state index is 11.2. The first-order valence-electron chi connectivity index (χ1n) is 8.78. The Labute approximate surface area is 145 Å². The molecule has 0 aromatic carbocycles. The van der Waals surface area contributed by atoms with Gasteiger partial charge in [0.15, 0.2) is 0 Å². The molecule has 2 N–H and O–H groups in total. The topological polar surface area (TPSA) is 97.7 Å². The van der Waals surface area contributed by atoms with Crippen LogP contribution in [-0.2, 0) is 9.59 Å². The highest BCUT2D eigenvalue weighted by atomic mass is 16.4. The van der Waals surface area contributed by atoms with Crippen LogP contribution in [0.1, 0.15) is 46.5 Å². The van der Waals surface area contributed by atoms with E-state index in [1.165, 1.54) is 0 Å². The molecule has 0 saturated heterocycles. The van der Waals surface area contributed by atoms with Gasteiger partial charge in [0.1, 0.15) is 12.5 Å². The molecule has 0 heterocycles. The van der Waals surface area contributed by atoms with E-state index < -0.39 is 23.8 Å². The fraction of sp³-hybridized carbons (Fsp3) is 0.778. The predicted octanol–water partition coefficient (Wildman–Crippen LogP) is 1.04. The normalized spacial score (nSPS) is 16.7. The molecule has 0 amide bonds. The molecule has 0 aliphatic heterocycles. The van der Waals surface area contributed by atoms with Gasteiger partial charge >= 0.3 is 5.97 Å². The molecule has 0 aromatic rings. The Kier molecular flexibility index (Phi) is 11.3. The van der Waals surface area contributed by atoms with Gasteiger partial charge in [0.05, 0.1) is 26.2 Å². The Morgan fingerprint density at radius 1 is 1.08 bits per heavy atom. The van der Waals surface area contributed by atoms with Crippen molar-refractivity contribution in [3.8, 4) is 0 Å². The standard InChI is InChI=1S/C18H33NO5/c1-4-5-6-7-8-9-10-19(11-12-20,13-15(2)17(21)22)14-16(3)18(23)24/h4-5,15-16,20H,6-14H2,1-3H3,(H-,21,22,23,24)/b5-4+. The molecule has 0 fully saturated rings. The molecule has 24 heavy (non-hydrogen) atoms. The summed E-state index contributed by atoms with van der Waals surface area (Å²) in [7, 11) is 0. The molecule has 0 bridgehead atoms. The molecule has 0 aliphatic rings. The summed E-state index contributed by atoms with van der Waals surface area (Å²) in [6.45, 7) is 6.75. The van der Waals surface area contributed by atoms with Gasteiger partial charge in [-0.15, -0.1) is 0 Å². The molecule has 3 atom stereocenters. The fourth-order valence-corrected chi connectivity index (χ4v) is 3.13. The van der Waals surface area contributed by atoms with Crippen LogP contribution in [-0.4, -0.2) is 59.4 Å². The monoisotopic (exact) mass is 343 g/mol. The highest BCUT2D eigenvalue weighted by Crippen LogP contribution is 2.18. The lowest BCUT2D eigenvalue weighted by atomic mass is 10.0. The van der Waals surface area contributed by atoms with Crippen molar-refractivity contribution in [3.63, 3.8) is 0 Å². The second-order valence-corrected chi connectivity index (χ2v) is 6.76. The summed E-state index contributed by atoms with van der Waals surface area (Å²) < 4.78 is 0.308. The SMILES string of the molecule is C/C=C/CCCCC[N+](CCO)(CC(C)C(=O)[O-])CC(C)C(=O)O. The van der Waals surface area contributed by atoms with Crippen molar-refractivity contribution in [1.29, 1.82) is 0 Å². The highest BCUT2D eigenvalue weighted by molar-refractivity contribution is 5.69. The molecule has 0 saturated carbocycles. The Morgan fingerprint density at radius 3 is 2.21 bits per heavy atom. The molecule has 6 heteroatoms. The summed E-state index contributed by atoms with van der Waals surface area (Å²) in [6.07, 6.45) is 8.06. The van der Waals surface area contributed by atoms with Crippen LogP contribution in [0.4, 0.5) is 0 Å². The smallest absolute Gasteiger partial charge is 0.311 e. The summed E-state index contributed by atoms with van der Waals surface area (Å²) >= 11 is 0. The van der Waals surface area contributed by atoms with Gasteiger partial charge in [-0.1, -0.05) is 19.1 Å². The quantitative estimate of drug-likeness (QED) is 0.279. The van der Waals surface area contributed by atoms with Crippen LogP contribution in [0.2, 0.25) is 0 Å². The molecule has 0 aliphatic carbocycles. The molecule has 6 nitrogen and oxygen atoms in total. The third-order valence-corrected chi connectivity index (χ3v) is 4.46. The molecule has 140 valence electrons. The summed E-state index contributed by atoms with van der Waals surface area (Å²) in [5, 5.41) is 29.8. The number of allylic oxidation sites excluding steroid dienone is 2. The number of hydrogen-bond donors (Lipinski definition) is 2. The van der Waals surface area contributed by atoms with E-state index >= 15 is 0 Å². The minimum absolute atomic E-state index is 0.0926. The Bertz CT molecular complexity index is 386. The van der Waals surface area contributed by atoms with Gasteiger partial charge in [-0.05, 0) is 39.5 Å². The van der Waals surface area contributed by atoms with Gasteiger partial charge in [0.25, 0.3) is 0 Å². The number of unbranched alkanes of at least 4 members (excludes halogenated alkanes) is 3. The van der Waals surface area contributed by atoms with E-state index in [4.69, 9.17) is 0 Å². The first-order valence-corrected chi connectivity index (χ1v) is 8.78. The van der Waals surface area contributed by atoms with Gasteiger partial charge in [-0.3, -0.25) is 4.79 Å². The number of nitrogens with zero attached hydrogens (tertiary/aromatic N) is 1. The molecular formula is C18H33NO5. The average Bonchev–Trinajstić information content (AvgIpc) is 2.50. The van der Waals surface area contributed by atoms with Crippen LogP contribution in [0.15, 0.2) is 12.2 Å². The second kappa shape index (κ2) is 12.0. The van der Waals surface area contributed by atoms with Crippen LogP contribution in [0.5, 0.6) is 0 Å². The van der Waals surface area contributed by atoms with Gasteiger partial charge in [-0.2, -0.15) is 0 Å². The zero-order valence-electron chi connectivity index (χ0n) is 15.2.